The number of allylic oxidation sites excluding steroid dienone is 4. The third kappa shape index (κ3) is 2.85. The Kier molecular flexibility index (Phi) is 5.82. The average Bonchev–Trinajstić information content (AvgIpc) is 2.43. The van der Waals surface area contributed by atoms with E-state index in [0.717, 1.165) is 0 Å². The highest BCUT2D eigenvalue weighted by atomic mass is 79.9. The van der Waals surface area contributed by atoms with Gasteiger partial charge in [0.05, 0.1) is 9.65 Å². The van der Waals surface area contributed by atoms with E-state index in [1.807, 2.05) is 43.4 Å². The molecule has 0 bridgehead atoms. The molecule has 2 nitrogen and oxygen atoms in total. The number of halogens is 4. The molecule has 0 radical (unpaired) electrons. The summed E-state index contributed by atoms with van der Waals surface area (Å²) in [5.41, 5.74) is -2.47. The summed E-state index contributed by atoms with van der Waals surface area (Å²) >= 11 is 14.0. The Bertz CT molecular complexity index is 494. The smallest absolute Gasteiger partial charge is 0.118 e. The molecule has 0 aliphatic heterocycles. The molecule has 0 aromatic carbocycles. The fourth-order valence-electron chi connectivity index (χ4n) is 2.97. The van der Waals surface area contributed by atoms with Gasteiger partial charge in [0.2, 0.25) is 0 Å². The molecule has 0 aromatic heterocycles. The van der Waals surface area contributed by atoms with Crippen LogP contribution < -0.4 is 0 Å². The summed E-state index contributed by atoms with van der Waals surface area (Å²) in [7, 11) is 0. The fraction of sp³-hybridized carbons (Fsp3) is 0.467. The minimum atomic E-state index is -1.23. The first-order valence-electron chi connectivity index (χ1n) is 6.61. The fourth-order valence-corrected chi connectivity index (χ4v) is 6.42. The summed E-state index contributed by atoms with van der Waals surface area (Å²) in [6.07, 6.45) is 11.8. The number of hydrogen-bond acceptors (Lipinski definition) is 2. The summed E-state index contributed by atoms with van der Waals surface area (Å²) in [6, 6.07) is 0. The Morgan fingerprint density at radius 3 is 1.67 bits per heavy atom. The zero-order chi connectivity index (χ0) is 15.8. The lowest BCUT2D eigenvalue weighted by Gasteiger charge is -2.49. The van der Waals surface area contributed by atoms with E-state index in [1.165, 1.54) is 0 Å². The van der Waals surface area contributed by atoms with Crippen molar-refractivity contribution in [3.05, 3.63) is 45.4 Å². The van der Waals surface area contributed by atoms with Gasteiger partial charge < -0.3 is 10.2 Å². The molecular weight excluding hydrogens is 532 g/mol. The first kappa shape index (κ1) is 18.1. The standard InChI is InChI=1S/C15H16Br4O2/c1-2-9(14(20)10(16)5-3-6-11(14)17)15(21)12(18)7-4-8-13(15)19/h3-10,12,20-21H,2H2,1H3/t9?,10-,12+,14+,15-. The highest BCUT2D eigenvalue weighted by Gasteiger charge is 2.57. The third-order valence-electron chi connectivity index (χ3n) is 4.12. The summed E-state index contributed by atoms with van der Waals surface area (Å²) in [4.78, 5) is -0.575. The molecule has 2 aliphatic rings. The lowest BCUT2D eigenvalue weighted by atomic mass is 9.68. The first-order chi connectivity index (χ1) is 9.79. The van der Waals surface area contributed by atoms with E-state index >= 15 is 0 Å². The molecule has 0 saturated heterocycles. The van der Waals surface area contributed by atoms with Gasteiger partial charge in [-0.3, -0.25) is 0 Å². The van der Waals surface area contributed by atoms with Crippen molar-refractivity contribution in [1.29, 1.82) is 0 Å². The quantitative estimate of drug-likeness (QED) is 0.503. The maximum absolute atomic E-state index is 11.4. The molecule has 0 saturated carbocycles. The third-order valence-corrected chi connectivity index (χ3v) is 7.93. The molecule has 2 aliphatic carbocycles. The number of alkyl halides is 2. The van der Waals surface area contributed by atoms with Crippen LogP contribution in [0.5, 0.6) is 0 Å². The monoisotopic (exact) mass is 544 g/mol. The Balaban J connectivity index is 2.54. The van der Waals surface area contributed by atoms with Gasteiger partial charge >= 0.3 is 0 Å². The maximum atomic E-state index is 11.4. The van der Waals surface area contributed by atoms with Gasteiger partial charge in [0, 0.05) is 14.9 Å². The van der Waals surface area contributed by atoms with Gasteiger partial charge in [-0.25, -0.2) is 0 Å². The van der Waals surface area contributed by atoms with Crippen LogP contribution in [0.3, 0.4) is 0 Å². The van der Waals surface area contributed by atoms with Crippen molar-refractivity contribution in [2.75, 3.05) is 0 Å². The number of rotatable bonds is 3. The van der Waals surface area contributed by atoms with Crippen LogP contribution in [0.1, 0.15) is 13.3 Å². The zero-order valence-corrected chi connectivity index (χ0v) is 17.7. The lowest BCUT2D eigenvalue weighted by Crippen LogP contribution is -2.60. The van der Waals surface area contributed by atoms with E-state index in [-0.39, 0.29) is 9.65 Å². The van der Waals surface area contributed by atoms with Gasteiger partial charge in [-0.05, 0) is 18.6 Å². The SMILES string of the molecule is CCC([C@]1(O)C(Br)=CC=C[C@@H]1Br)[C@@]1(O)C(Br)=CC=C[C@H]1Br. The first-order valence-corrected chi connectivity index (χ1v) is 10.0. The van der Waals surface area contributed by atoms with E-state index in [1.54, 1.807) is 0 Å². The molecule has 1 unspecified atom stereocenters. The van der Waals surface area contributed by atoms with Crippen molar-refractivity contribution in [2.45, 2.75) is 34.2 Å². The van der Waals surface area contributed by atoms with Crippen LogP contribution in [0.2, 0.25) is 0 Å². The van der Waals surface area contributed by atoms with E-state index in [0.29, 0.717) is 15.4 Å². The second-order valence-electron chi connectivity index (χ2n) is 5.21. The summed E-state index contributed by atoms with van der Waals surface area (Å²) in [6.45, 7) is 1.97. The van der Waals surface area contributed by atoms with Gasteiger partial charge in [0.15, 0.2) is 0 Å². The lowest BCUT2D eigenvalue weighted by molar-refractivity contribution is -0.0738. The topological polar surface area (TPSA) is 40.5 Å². The van der Waals surface area contributed by atoms with E-state index in [9.17, 15) is 10.2 Å². The van der Waals surface area contributed by atoms with Gasteiger partial charge in [-0.2, -0.15) is 0 Å². The Morgan fingerprint density at radius 2 is 1.38 bits per heavy atom. The molecule has 5 atom stereocenters. The molecular formula is C15H16Br4O2. The minimum Gasteiger partial charge on any atom is -0.383 e. The predicted octanol–water partition coefficient (Wildman–Crippen LogP) is 4.70. The Morgan fingerprint density at radius 1 is 1.00 bits per heavy atom. The predicted molar refractivity (Wildman–Crippen MR) is 101 cm³/mol. The second-order valence-corrected chi connectivity index (χ2v) is 8.90. The van der Waals surface area contributed by atoms with Crippen LogP contribution in [0.4, 0.5) is 0 Å². The number of aliphatic hydroxyl groups is 2. The minimum absolute atomic E-state index is 0.288. The molecule has 116 valence electrons. The van der Waals surface area contributed by atoms with E-state index in [4.69, 9.17) is 0 Å². The molecule has 21 heavy (non-hydrogen) atoms. The maximum Gasteiger partial charge on any atom is 0.118 e. The zero-order valence-electron chi connectivity index (χ0n) is 11.3. The van der Waals surface area contributed by atoms with E-state index in [2.05, 4.69) is 63.7 Å². The molecule has 2 N–H and O–H groups in total. The van der Waals surface area contributed by atoms with E-state index < -0.39 is 17.1 Å². The normalized spacial score (nSPS) is 40.7. The van der Waals surface area contributed by atoms with Crippen molar-refractivity contribution >= 4 is 63.7 Å². The summed E-state index contributed by atoms with van der Waals surface area (Å²) in [5, 5.41) is 22.7. The average molecular weight is 548 g/mol. The van der Waals surface area contributed by atoms with Gasteiger partial charge in [-0.15, -0.1) is 0 Å². The summed E-state index contributed by atoms with van der Waals surface area (Å²) in [5.74, 6) is -0.426. The van der Waals surface area contributed by atoms with Crippen LogP contribution in [-0.2, 0) is 0 Å². The van der Waals surface area contributed by atoms with Crippen molar-refractivity contribution in [1.82, 2.24) is 0 Å². The van der Waals surface area contributed by atoms with Gasteiger partial charge in [-0.1, -0.05) is 94.9 Å². The molecule has 2 rings (SSSR count). The summed E-state index contributed by atoms with van der Waals surface area (Å²) < 4.78 is 1.32. The molecule has 0 spiro atoms. The van der Waals surface area contributed by atoms with Crippen molar-refractivity contribution in [3.63, 3.8) is 0 Å². The second kappa shape index (κ2) is 6.73. The largest absolute Gasteiger partial charge is 0.383 e. The molecule has 6 heteroatoms. The van der Waals surface area contributed by atoms with Gasteiger partial charge in [0.1, 0.15) is 11.2 Å². The van der Waals surface area contributed by atoms with Crippen molar-refractivity contribution < 1.29 is 10.2 Å². The van der Waals surface area contributed by atoms with Crippen molar-refractivity contribution in [3.8, 4) is 0 Å². The Hall–Kier alpha value is 0.800. The van der Waals surface area contributed by atoms with Crippen LogP contribution >= 0.6 is 63.7 Å². The van der Waals surface area contributed by atoms with Crippen LogP contribution in [0.15, 0.2) is 45.4 Å². The molecule has 0 amide bonds. The molecule has 0 heterocycles. The molecule has 0 aromatic rings. The van der Waals surface area contributed by atoms with Crippen LogP contribution in [0.25, 0.3) is 0 Å². The van der Waals surface area contributed by atoms with Crippen LogP contribution in [0, 0.1) is 5.92 Å². The molecule has 0 fully saturated rings. The van der Waals surface area contributed by atoms with Gasteiger partial charge in [0.25, 0.3) is 0 Å². The van der Waals surface area contributed by atoms with Crippen molar-refractivity contribution in [2.24, 2.45) is 5.92 Å². The number of hydrogen-bond donors (Lipinski definition) is 2. The highest BCUT2D eigenvalue weighted by Crippen LogP contribution is 2.51. The Labute approximate surface area is 158 Å². The van der Waals surface area contributed by atoms with Crippen LogP contribution in [-0.4, -0.2) is 31.1 Å². The highest BCUT2D eigenvalue weighted by molar-refractivity contribution is 9.12.